The van der Waals surface area contributed by atoms with E-state index in [2.05, 4.69) is 6.92 Å². The van der Waals surface area contributed by atoms with Crippen molar-refractivity contribution in [3.8, 4) is 5.75 Å². The topological polar surface area (TPSA) is 141 Å². The molecule has 0 aliphatic heterocycles. The minimum Gasteiger partial charge on any atom is -0.493 e. The third-order valence-electron chi connectivity index (χ3n) is 6.67. The van der Waals surface area contributed by atoms with E-state index in [0.717, 1.165) is 24.2 Å². The van der Waals surface area contributed by atoms with Crippen LogP contribution in [-0.2, 0) is 25.2 Å². The van der Waals surface area contributed by atoms with Gasteiger partial charge in [-0.3, -0.25) is 18.6 Å². The quantitative estimate of drug-likeness (QED) is 0.104. The zero-order valence-electron chi connectivity index (χ0n) is 24.1. The minimum atomic E-state index is -1.90. The van der Waals surface area contributed by atoms with E-state index in [1.165, 1.54) is 102 Å². The van der Waals surface area contributed by atoms with E-state index in [1.807, 2.05) is 0 Å². The van der Waals surface area contributed by atoms with Crippen LogP contribution in [0.3, 0.4) is 0 Å². The number of benzene rings is 1. The Hall–Kier alpha value is -2.62. The van der Waals surface area contributed by atoms with Gasteiger partial charge in [0, 0.05) is 16.6 Å². The number of unbranched alkanes of at least 4 members (excludes halogenated alkanes) is 15. The van der Waals surface area contributed by atoms with Crippen molar-refractivity contribution in [2.45, 2.75) is 115 Å². The molecule has 0 fully saturated rings. The number of nitrogens with zero attached hydrogens (tertiary/aromatic N) is 1. The molecule has 0 spiro atoms. The van der Waals surface area contributed by atoms with E-state index in [1.54, 1.807) is 0 Å². The number of carbonyl (C=O) groups is 3. The molecule has 0 saturated carbocycles. The molecule has 0 bridgehead atoms. The SMILES string of the molecule is CCCCCCCCCCCCCCCCCCOc1cc(N(CC(=O)O)CC(=O)O)cc(S(=O)CC(=O)O)c1. The normalized spacial score (nSPS) is 11.7. The molecule has 1 aromatic rings. The summed E-state index contributed by atoms with van der Waals surface area (Å²) in [6, 6.07) is 4.32. The number of aliphatic carboxylic acids is 3. The number of rotatable bonds is 26. The van der Waals surface area contributed by atoms with Crippen LogP contribution in [0.1, 0.15) is 110 Å². The molecule has 0 aliphatic carbocycles. The van der Waals surface area contributed by atoms with Crippen LogP contribution < -0.4 is 9.64 Å². The Morgan fingerprint density at radius 2 is 1.12 bits per heavy atom. The zero-order valence-corrected chi connectivity index (χ0v) is 24.9. The van der Waals surface area contributed by atoms with Crippen molar-refractivity contribution < 1.29 is 38.6 Å². The lowest BCUT2D eigenvalue weighted by molar-refractivity contribution is -0.137. The van der Waals surface area contributed by atoms with Crippen LogP contribution in [0.15, 0.2) is 23.1 Å². The van der Waals surface area contributed by atoms with Crippen LogP contribution in [0, 0.1) is 0 Å². The number of ether oxygens (including phenoxy) is 1. The maximum absolute atomic E-state index is 12.5. The van der Waals surface area contributed by atoms with Gasteiger partial charge in [0.2, 0.25) is 0 Å². The average molecular weight is 584 g/mol. The van der Waals surface area contributed by atoms with Gasteiger partial charge < -0.3 is 25.0 Å². The molecule has 0 aliphatic rings. The van der Waals surface area contributed by atoms with Crippen molar-refractivity contribution in [3.05, 3.63) is 18.2 Å². The first-order chi connectivity index (χ1) is 19.2. The van der Waals surface area contributed by atoms with Crippen molar-refractivity contribution in [1.29, 1.82) is 0 Å². The molecule has 0 saturated heterocycles. The second-order valence-electron chi connectivity index (χ2n) is 10.3. The summed E-state index contributed by atoms with van der Waals surface area (Å²) in [6.45, 7) is 1.48. The van der Waals surface area contributed by atoms with Gasteiger partial charge in [-0.05, 0) is 18.6 Å². The Morgan fingerprint density at radius 3 is 1.55 bits per heavy atom. The van der Waals surface area contributed by atoms with Crippen molar-refractivity contribution in [3.63, 3.8) is 0 Å². The molecule has 1 unspecified atom stereocenters. The van der Waals surface area contributed by atoms with Gasteiger partial charge in [-0.25, -0.2) is 0 Å². The van der Waals surface area contributed by atoms with E-state index < -0.39 is 47.5 Å². The lowest BCUT2D eigenvalue weighted by atomic mass is 10.0. The highest BCUT2D eigenvalue weighted by molar-refractivity contribution is 7.85. The summed E-state index contributed by atoms with van der Waals surface area (Å²) in [5.74, 6) is -4.02. The molecule has 0 amide bonds. The van der Waals surface area contributed by atoms with Gasteiger partial charge in [-0.15, -0.1) is 0 Å². The lowest BCUT2D eigenvalue weighted by Gasteiger charge is -2.22. The molecule has 1 aromatic carbocycles. The Labute approximate surface area is 241 Å². The van der Waals surface area contributed by atoms with Gasteiger partial charge in [0.15, 0.2) is 0 Å². The summed E-state index contributed by atoms with van der Waals surface area (Å²) < 4.78 is 18.3. The maximum Gasteiger partial charge on any atom is 0.323 e. The Bertz CT molecular complexity index is 892. The van der Waals surface area contributed by atoms with Crippen molar-refractivity contribution in [2.24, 2.45) is 0 Å². The van der Waals surface area contributed by atoms with Gasteiger partial charge in [-0.2, -0.15) is 0 Å². The highest BCUT2D eigenvalue weighted by atomic mass is 32.2. The van der Waals surface area contributed by atoms with Crippen molar-refractivity contribution in [1.82, 2.24) is 0 Å². The predicted molar refractivity (Wildman–Crippen MR) is 158 cm³/mol. The fourth-order valence-corrected chi connectivity index (χ4v) is 5.45. The summed E-state index contributed by atoms with van der Waals surface area (Å²) in [7, 11) is -1.90. The molecule has 228 valence electrons. The van der Waals surface area contributed by atoms with Gasteiger partial charge in [0.05, 0.1) is 17.4 Å². The molecule has 1 atom stereocenters. The Morgan fingerprint density at radius 1 is 0.675 bits per heavy atom. The minimum absolute atomic E-state index is 0.141. The Balaban J connectivity index is 2.40. The monoisotopic (exact) mass is 583 g/mol. The first-order valence-electron chi connectivity index (χ1n) is 14.8. The second-order valence-corrected chi connectivity index (χ2v) is 11.8. The van der Waals surface area contributed by atoms with Crippen molar-refractivity contribution in [2.75, 3.05) is 30.3 Å². The molecule has 1 rings (SSSR count). The average Bonchev–Trinajstić information content (AvgIpc) is 2.89. The zero-order chi connectivity index (χ0) is 29.6. The van der Waals surface area contributed by atoms with E-state index in [9.17, 15) is 28.8 Å². The van der Waals surface area contributed by atoms with Gasteiger partial charge in [0.25, 0.3) is 0 Å². The third-order valence-corrected chi connectivity index (χ3v) is 7.94. The van der Waals surface area contributed by atoms with E-state index in [-0.39, 0.29) is 10.6 Å². The van der Waals surface area contributed by atoms with Crippen LogP contribution in [0.5, 0.6) is 5.75 Å². The van der Waals surface area contributed by atoms with Crippen LogP contribution in [0.2, 0.25) is 0 Å². The summed E-state index contributed by atoms with van der Waals surface area (Å²) >= 11 is 0. The van der Waals surface area contributed by atoms with Crippen molar-refractivity contribution >= 4 is 34.4 Å². The molecule has 0 radical (unpaired) electrons. The lowest BCUT2D eigenvalue weighted by Crippen LogP contribution is -2.34. The van der Waals surface area contributed by atoms with Crippen LogP contribution in [0.4, 0.5) is 5.69 Å². The molecule has 10 heteroatoms. The molecule has 0 heterocycles. The second kappa shape index (κ2) is 22.1. The fraction of sp³-hybridized carbons (Fsp3) is 0.700. The van der Waals surface area contributed by atoms with Gasteiger partial charge in [-0.1, -0.05) is 103 Å². The Kier molecular flexibility index (Phi) is 19.6. The largest absolute Gasteiger partial charge is 0.493 e. The highest BCUT2D eigenvalue weighted by Crippen LogP contribution is 2.27. The maximum atomic E-state index is 12.5. The van der Waals surface area contributed by atoms with Gasteiger partial charge in [0.1, 0.15) is 24.6 Å². The van der Waals surface area contributed by atoms with Crippen LogP contribution >= 0.6 is 0 Å². The summed E-state index contributed by atoms with van der Waals surface area (Å²) in [5.41, 5.74) is 0.197. The predicted octanol–water partition coefficient (Wildman–Crippen LogP) is 6.49. The summed E-state index contributed by atoms with van der Waals surface area (Å²) in [5, 5.41) is 27.4. The first-order valence-corrected chi connectivity index (χ1v) is 16.1. The number of hydrogen-bond donors (Lipinski definition) is 3. The summed E-state index contributed by atoms with van der Waals surface area (Å²) in [4.78, 5) is 34.8. The number of carboxylic acid groups (broad SMARTS) is 3. The number of anilines is 1. The first kappa shape index (κ1) is 35.4. The number of hydrogen-bond acceptors (Lipinski definition) is 6. The molecular weight excluding hydrogens is 534 g/mol. The molecule has 0 aromatic heterocycles. The molecule has 40 heavy (non-hydrogen) atoms. The molecule has 3 N–H and O–H groups in total. The van der Waals surface area contributed by atoms with E-state index in [4.69, 9.17) is 9.84 Å². The van der Waals surface area contributed by atoms with Crippen LogP contribution in [-0.4, -0.2) is 62.9 Å². The number of carboxylic acids is 3. The smallest absolute Gasteiger partial charge is 0.323 e. The highest BCUT2D eigenvalue weighted by Gasteiger charge is 2.18. The fourth-order valence-electron chi connectivity index (χ4n) is 4.55. The van der Waals surface area contributed by atoms with E-state index in [0.29, 0.717) is 12.4 Å². The van der Waals surface area contributed by atoms with Gasteiger partial charge >= 0.3 is 17.9 Å². The molecule has 9 nitrogen and oxygen atoms in total. The van der Waals surface area contributed by atoms with Crippen LogP contribution in [0.25, 0.3) is 0 Å². The standard InChI is InChI=1S/C30H49NO8S/c1-2-3-4-5-6-7-8-9-10-11-12-13-14-15-16-17-18-39-26-19-25(31(22-28(32)33)23-29(34)35)20-27(21-26)40(38)24-30(36)37/h19-21H,2-18,22-24H2,1H3,(H,32,33)(H,34,35)(H,36,37). The summed E-state index contributed by atoms with van der Waals surface area (Å²) in [6.07, 6.45) is 20.2. The third kappa shape index (κ3) is 17.9. The molecular formula is C30H49NO8S. The van der Waals surface area contributed by atoms with E-state index >= 15 is 0 Å².